The van der Waals surface area contributed by atoms with Crippen molar-refractivity contribution in [2.45, 2.75) is 19.9 Å². The lowest BCUT2D eigenvalue weighted by molar-refractivity contribution is 0.745. The number of pyridine rings is 1. The standard InChI is InChI=1S/C19H19N5/c1-13-11-14(2)22-18(16(13)12-20)23-17(15-7-5-4-6-8-15)19-21-9-10-24(19)3/h4-11,17H,1-3H3,(H,22,23). The fraction of sp³-hybridized carbons (Fsp3) is 0.211. The molecule has 120 valence electrons. The Morgan fingerprint density at radius 3 is 2.58 bits per heavy atom. The van der Waals surface area contributed by atoms with Crippen LogP contribution in [0.5, 0.6) is 0 Å². The van der Waals surface area contributed by atoms with Crippen LogP contribution < -0.4 is 5.32 Å². The fourth-order valence-electron chi connectivity index (χ4n) is 2.82. The second-order valence-corrected chi connectivity index (χ2v) is 5.80. The molecule has 0 fully saturated rings. The molecule has 0 amide bonds. The van der Waals surface area contributed by atoms with Crippen LogP contribution in [-0.2, 0) is 7.05 Å². The minimum Gasteiger partial charge on any atom is -0.355 e. The zero-order valence-electron chi connectivity index (χ0n) is 14.0. The summed E-state index contributed by atoms with van der Waals surface area (Å²) in [5.74, 6) is 1.46. The maximum atomic E-state index is 9.51. The lowest BCUT2D eigenvalue weighted by Gasteiger charge is -2.21. The van der Waals surface area contributed by atoms with Crippen molar-refractivity contribution in [1.82, 2.24) is 14.5 Å². The van der Waals surface area contributed by atoms with Crippen LogP contribution in [-0.4, -0.2) is 14.5 Å². The normalized spacial score (nSPS) is 11.8. The van der Waals surface area contributed by atoms with Crippen LogP contribution in [0.1, 0.15) is 34.3 Å². The molecule has 2 aromatic heterocycles. The Hall–Kier alpha value is -3.13. The van der Waals surface area contributed by atoms with E-state index in [2.05, 4.69) is 21.4 Å². The Morgan fingerprint density at radius 2 is 1.96 bits per heavy atom. The first-order valence-corrected chi connectivity index (χ1v) is 7.77. The Bertz CT molecular complexity index is 890. The average Bonchev–Trinajstić information content (AvgIpc) is 2.99. The van der Waals surface area contributed by atoms with Gasteiger partial charge in [0.2, 0.25) is 0 Å². The van der Waals surface area contributed by atoms with E-state index in [1.165, 1.54) is 0 Å². The van der Waals surface area contributed by atoms with Gasteiger partial charge in [-0.3, -0.25) is 0 Å². The molecule has 0 saturated carbocycles. The van der Waals surface area contributed by atoms with Gasteiger partial charge in [0.25, 0.3) is 0 Å². The van der Waals surface area contributed by atoms with Gasteiger partial charge in [-0.1, -0.05) is 30.3 Å². The monoisotopic (exact) mass is 317 g/mol. The van der Waals surface area contributed by atoms with E-state index in [4.69, 9.17) is 0 Å². The highest BCUT2D eigenvalue weighted by molar-refractivity contribution is 5.58. The number of hydrogen-bond acceptors (Lipinski definition) is 4. The lowest BCUT2D eigenvalue weighted by Crippen LogP contribution is -2.18. The van der Waals surface area contributed by atoms with E-state index in [1.54, 1.807) is 6.20 Å². The Balaban J connectivity index is 2.09. The van der Waals surface area contributed by atoms with Crippen molar-refractivity contribution in [3.63, 3.8) is 0 Å². The van der Waals surface area contributed by atoms with Crippen molar-refractivity contribution in [3.8, 4) is 6.07 Å². The van der Waals surface area contributed by atoms with Crippen molar-refractivity contribution in [2.75, 3.05) is 5.32 Å². The molecule has 0 radical (unpaired) electrons. The topological polar surface area (TPSA) is 66.5 Å². The first-order chi connectivity index (χ1) is 11.6. The summed E-state index contributed by atoms with van der Waals surface area (Å²) in [4.78, 5) is 9.02. The molecule has 1 N–H and O–H groups in total. The van der Waals surface area contributed by atoms with Crippen LogP contribution >= 0.6 is 0 Å². The van der Waals surface area contributed by atoms with Crippen molar-refractivity contribution >= 4 is 5.82 Å². The number of hydrogen-bond donors (Lipinski definition) is 1. The van der Waals surface area contributed by atoms with Gasteiger partial charge in [-0.2, -0.15) is 5.26 Å². The molecule has 1 atom stereocenters. The molecule has 0 bridgehead atoms. The van der Waals surface area contributed by atoms with Crippen molar-refractivity contribution in [2.24, 2.45) is 7.05 Å². The van der Waals surface area contributed by atoms with E-state index in [0.29, 0.717) is 11.4 Å². The number of benzene rings is 1. The summed E-state index contributed by atoms with van der Waals surface area (Å²) in [5, 5.41) is 12.9. The summed E-state index contributed by atoms with van der Waals surface area (Å²) in [6.07, 6.45) is 3.68. The molecule has 5 heteroatoms. The zero-order chi connectivity index (χ0) is 17.1. The van der Waals surface area contributed by atoms with Crippen molar-refractivity contribution in [3.05, 3.63) is 77.0 Å². The van der Waals surface area contributed by atoms with Crippen LogP contribution in [0.15, 0.2) is 48.8 Å². The third-order valence-corrected chi connectivity index (χ3v) is 3.99. The minimum absolute atomic E-state index is 0.188. The first kappa shape index (κ1) is 15.8. The number of nitriles is 1. The highest BCUT2D eigenvalue weighted by Gasteiger charge is 2.21. The molecule has 3 aromatic rings. The molecular weight excluding hydrogens is 298 g/mol. The minimum atomic E-state index is -0.188. The maximum absolute atomic E-state index is 9.51. The van der Waals surface area contributed by atoms with Gasteiger partial charge < -0.3 is 9.88 Å². The second-order valence-electron chi connectivity index (χ2n) is 5.80. The smallest absolute Gasteiger partial charge is 0.145 e. The highest BCUT2D eigenvalue weighted by atomic mass is 15.1. The average molecular weight is 317 g/mol. The van der Waals surface area contributed by atoms with Crippen LogP contribution in [0.2, 0.25) is 0 Å². The van der Waals surface area contributed by atoms with Crippen molar-refractivity contribution < 1.29 is 0 Å². The zero-order valence-corrected chi connectivity index (χ0v) is 14.0. The Labute approximate surface area is 141 Å². The van der Waals surface area contributed by atoms with Gasteiger partial charge in [0.15, 0.2) is 0 Å². The number of aryl methyl sites for hydroxylation is 3. The highest BCUT2D eigenvalue weighted by Crippen LogP contribution is 2.27. The quantitative estimate of drug-likeness (QED) is 0.799. The SMILES string of the molecule is Cc1cc(C)c(C#N)c(NC(c2ccccc2)c2nccn2C)n1. The molecule has 24 heavy (non-hydrogen) atoms. The molecule has 0 aliphatic rings. The molecule has 3 rings (SSSR count). The number of nitrogens with zero attached hydrogens (tertiary/aromatic N) is 4. The molecule has 1 aromatic carbocycles. The number of imidazole rings is 1. The van der Waals surface area contributed by atoms with E-state index in [1.807, 2.05) is 68.1 Å². The Kier molecular flexibility index (Phi) is 4.30. The van der Waals surface area contributed by atoms with E-state index in [0.717, 1.165) is 22.6 Å². The van der Waals surface area contributed by atoms with Gasteiger partial charge in [0.1, 0.15) is 23.8 Å². The van der Waals surface area contributed by atoms with Gasteiger partial charge in [-0.15, -0.1) is 0 Å². The number of nitrogens with one attached hydrogen (secondary N) is 1. The number of rotatable bonds is 4. The number of aromatic nitrogens is 3. The largest absolute Gasteiger partial charge is 0.355 e. The van der Waals surface area contributed by atoms with Crippen LogP contribution in [0, 0.1) is 25.2 Å². The predicted molar refractivity (Wildman–Crippen MR) is 93.5 cm³/mol. The second kappa shape index (κ2) is 6.55. The van der Waals surface area contributed by atoms with E-state index < -0.39 is 0 Å². The summed E-state index contributed by atoms with van der Waals surface area (Å²) in [6, 6.07) is 14.0. The molecule has 1 unspecified atom stereocenters. The third-order valence-electron chi connectivity index (χ3n) is 3.99. The molecule has 2 heterocycles. The first-order valence-electron chi connectivity index (χ1n) is 7.77. The predicted octanol–water partition coefficient (Wildman–Crippen LogP) is 3.51. The molecular formula is C19H19N5. The fourth-order valence-corrected chi connectivity index (χ4v) is 2.82. The molecule has 0 aliphatic carbocycles. The summed E-state index contributed by atoms with van der Waals surface area (Å²) in [7, 11) is 1.96. The van der Waals surface area contributed by atoms with E-state index in [-0.39, 0.29) is 6.04 Å². The van der Waals surface area contributed by atoms with Gasteiger partial charge in [0, 0.05) is 25.1 Å². The number of anilines is 1. The van der Waals surface area contributed by atoms with Gasteiger partial charge in [-0.25, -0.2) is 9.97 Å². The summed E-state index contributed by atoms with van der Waals surface area (Å²) >= 11 is 0. The summed E-state index contributed by atoms with van der Waals surface area (Å²) < 4.78 is 1.97. The van der Waals surface area contributed by atoms with Crippen LogP contribution in [0.3, 0.4) is 0 Å². The van der Waals surface area contributed by atoms with E-state index >= 15 is 0 Å². The molecule has 0 spiro atoms. The van der Waals surface area contributed by atoms with Gasteiger partial charge >= 0.3 is 0 Å². The Morgan fingerprint density at radius 1 is 1.21 bits per heavy atom. The summed E-state index contributed by atoms with van der Waals surface area (Å²) in [6.45, 7) is 3.86. The lowest BCUT2D eigenvalue weighted by atomic mass is 10.0. The van der Waals surface area contributed by atoms with Gasteiger partial charge in [0.05, 0.1) is 5.56 Å². The third kappa shape index (κ3) is 2.99. The molecule has 0 saturated heterocycles. The van der Waals surface area contributed by atoms with Crippen LogP contribution in [0.25, 0.3) is 0 Å². The van der Waals surface area contributed by atoms with E-state index in [9.17, 15) is 5.26 Å². The van der Waals surface area contributed by atoms with Gasteiger partial charge in [-0.05, 0) is 31.0 Å². The molecule has 0 aliphatic heterocycles. The van der Waals surface area contributed by atoms with Crippen molar-refractivity contribution in [1.29, 1.82) is 5.26 Å². The summed E-state index contributed by atoms with van der Waals surface area (Å²) in [5.41, 5.74) is 3.42. The maximum Gasteiger partial charge on any atom is 0.145 e. The van der Waals surface area contributed by atoms with Crippen LogP contribution in [0.4, 0.5) is 5.82 Å². The molecule has 5 nitrogen and oxygen atoms in total.